The van der Waals surface area contributed by atoms with Crippen LogP contribution in [0.15, 0.2) is 42.5 Å². The van der Waals surface area contributed by atoms with Gasteiger partial charge in [-0.05, 0) is 37.1 Å². The second kappa shape index (κ2) is 7.61. The number of benzene rings is 2. The van der Waals surface area contributed by atoms with Gasteiger partial charge in [-0.3, -0.25) is 4.79 Å². The van der Waals surface area contributed by atoms with Crippen LogP contribution in [-0.4, -0.2) is 12.5 Å². The lowest BCUT2D eigenvalue weighted by atomic mass is 10.1. The van der Waals surface area contributed by atoms with Crippen LogP contribution in [0.2, 0.25) is 0 Å². The van der Waals surface area contributed by atoms with Crippen molar-refractivity contribution in [3.63, 3.8) is 0 Å². The van der Waals surface area contributed by atoms with Crippen LogP contribution in [0.3, 0.4) is 0 Å². The predicted molar refractivity (Wildman–Crippen MR) is 89.0 cm³/mol. The zero-order chi connectivity index (χ0) is 15.9. The van der Waals surface area contributed by atoms with E-state index in [1.54, 1.807) is 0 Å². The smallest absolute Gasteiger partial charge is 0.227 e. The van der Waals surface area contributed by atoms with Crippen molar-refractivity contribution in [2.75, 3.05) is 11.9 Å². The SMILES string of the molecule is Cc1ccc(OCCC(=O)Nc2ccccc2CN)c(C)c1. The molecule has 0 aliphatic carbocycles. The van der Waals surface area contributed by atoms with E-state index in [0.29, 0.717) is 19.6 Å². The summed E-state index contributed by atoms with van der Waals surface area (Å²) in [6.07, 6.45) is 0.298. The lowest BCUT2D eigenvalue weighted by molar-refractivity contribution is -0.116. The molecule has 2 rings (SSSR count). The fraction of sp³-hybridized carbons (Fsp3) is 0.278. The van der Waals surface area contributed by atoms with Crippen LogP contribution in [0, 0.1) is 13.8 Å². The van der Waals surface area contributed by atoms with E-state index in [1.807, 2.05) is 50.2 Å². The number of aryl methyl sites for hydroxylation is 2. The Morgan fingerprint density at radius 2 is 1.95 bits per heavy atom. The molecular formula is C18H22N2O2. The van der Waals surface area contributed by atoms with Gasteiger partial charge in [0, 0.05) is 12.2 Å². The Hall–Kier alpha value is -2.33. The zero-order valence-corrected chi connectivity index (χ0v) is 13.1. The van der Waals surface area contributed by atoms with Crippen molar-refractivity contribution < 1.29 is 9.53 Å². The molecule has 22 heavy (non-hydrogen) atoms. The fourth-order valence-electron chi connectivity index (χ4n) is 2.25. The Balaban J connectivity index is 1.85. The Morgan fingerprint density at radius 1 is 1.18 bits per heavy atom. The summed E-state index contributed by atoms with van der Waals surface area (Å²) in [5.41, 5.74) is 9.62. The van der Waals surface area contributed by atoms with Gasteiger partial charge in [0.15, 0.2) is 0 Å². The quantitative estimate of drug-likeness (QED) is 0.861. The highest BCUT2D eigenvalue weighted by molar-refractivity contribution is 5.91. The van der Waals surface area contributed by atoms with Gasteiger partial charge in [-0.1, -0.05) is 35.9 Å². The molecule has 0 saturated carbocycles. The summed E-state index contributed by atoms with van der Waals surface area (Å²) < 4.78 is 5.67. The minimum atomic E-state index is -0.0781. The van der Waals surface area contributed by atoms with E-state index < -0.39 is 0 Å². The lowest BCUT2D eigenvalue weighted by Crippen LogP contribution is -2.17. The minimum Gasteiger partial charge on any atom is -0.493 e. The monoisotopic (exact) mass is 298 g/mol. The van der Waals surface area contributed by atoms with E-state index in [2.05, 4.69) is 11.4 Å². The van der Waals surface area contributed by atoms with Crippen molar-refractivity contribution in [1.82, 2.24) is 0 Å². The van der Waals surface area contributed by atoms with Crippen LogP contribution >= 0.6 is 0 Å². The van der Waals surface area contributed by atoms with Crippen LogP contribution in [0.4, 0.5) is 5.69 Å². The first kappa shape index (κ1) is 16.0. The molecule has 3 N–H and O–H groups in total. The number of amides is 1. The molecule has 0 aliphatic heterocycles. The Morgan fingerprint density at radius 3 is 2.68 bits per heavy atom. The molecule has 0 heterocycles. The van der Waals surface area contributed by atoms with E-state index in [1.165, 1.54) is 5.56 Å². The molecule has 0 radical (unpaired) electrons. The van der Waals surface area contributed by atoms with Crippen molar-refractivity contribution in [3.8, 4) is 5.75 Å². The van der Waals surface area contributed by atoms with E-state index >= 15 is 0 Å². The standard InChI is InChI=1S/C18H22N2O2/c1-13-7-8-17(14(2)11-13)22-10-9-18(21)20-16-6-4-3-5-15(16)12-19/h3-8,11H,9-10,12,19H2,1-2H3,(H,20,21). The molecule has 0 unspecified atom stereocenters. The lowest BCUT2D eigenvalue weighted by Gasteiger charge is -2.11. The first-order chi connectivity index (χ1) is 10.6. The number of nitrogens with two attached hydrogens (primary N) is 1. The van der Waals surface area contributed by atoms with E-state index in [9.17, 15) is 4.79 Å². The summed E-state index contributed by atoms with van der Waals surface area (Å²) in [5, 5.41) is 2.87. The maximum Gasteiger partial charge on any atom is 0.227 e. The third-order valence-corrected chi connectivity index (χ3v) is 3.43. The normalized spacial score (nSPS) is 10.3. The van der Waals surface area contributed by atoms with Gasteiger partial charge >= 0.3 is 0 Å². The van der Waals surface area contributed by atoms with Gasteiger partial charge in [0.25, 0.3) is 0 Å². The van der Waals surface area contributed by atoms with Crippen molar-refractivity contribution in [3.05, 3.63) is 59.2 Å². The summed E-state index contributed by atoms with van der Waals surface area (Å²) >= 11 is 0. The molecule has 0 spiro atoms. The molecule has 1 amide bonds. The Kier molecular flexibility index (Phi) is 5.55. The molecule has 0 saturated heterocycles. The van der Waals surface area contributed by atoms with Crippen molar-refractivity contribution >= 4 is 11.6 Å². The summed E-state index contributed by atoms with van der Waals surface area (Å²) in [4.78, 5) is 12.0. The number of hydrogen-bond acceptors (Lipinski definition) is 3. The summed E-state index contributed by atoms with van der Waals surface area (Å²) in [7, 11) is 0. The zero-order valence-electron chi connectivity index (χ0n) is 13.1. The average Bonchev–Trinajstić information content (AvgIpc) is 2.50. The molecule has 0 atom stereocenters. The first-order valence-corrected chi connectivity index (χ1v) is 7.38. The highest BCUT2D eigenvalue weighted by atomic mass is 16.5. The van der Waals surface area contributed by atoms with Gasteiger partial charge in [0.05, 0.1) is 13.0 Å². The topological polar surface area (TPSA) is 64.3 Å². The third kappa shape index (κ3) is 4.33. The van der Waals surface area contributed by atoms with Crippen LogP contribution in [-0.2, 0) is 11.3 Å². The van der Waals surface area contributed by atoms with Crippen molar-refractivity contribution in [1.29, 1.82) is 0 Å². The summed E-state index contributed by atoms with van der Waals surface area (Å²) in [6.45, 7) is 4.79. The molecule has 0 fully saturated rings. The van der Waals surface area contributed by atoms with Gasteiger partial charge in [-0.25, -0.2) is 0 Å². The maximum absolute atomic E-state index is 12.0. The summed E-state index contributed by atoms with van der Waals surface area (Å²) in [5.74, 6) is 0.742. The second-order valence-electron chi connectivity index (χ2n) is 5.28. The van der Waals surface area contributed by atoms with Crippen LogP contribution in [0.5, 0.6) is 5.75 Å². The number of nitrogens with one attached hydrogen (secondary N) is 1. The van der Waals surface area contributed by atoms with Gasteiger partial charge < -0.3 is 15.8 Å². The number of ether oxygens (including phenoxy) is 1. The average molecular weight is 298 g/mol. The largest absolute Gasteiger partial charge is 0.493 e. The molecule has 0 aromatic heterocycles. The fourth-order valence-corrected chi connectivity index (χ4v) is 2.25. The number of rotatable bonds is 6. The maximum atomic E-state index is 12.0. The molecule has 0 bridgehead atoms. The van der Waals surface area contributed by atoms with Crippen LogP contribution in [0.25, 0.3) is 0 Å². The van der Waals surface area contributed by atoms with Crippen molar-refractivity contribution in [2.45, 2.75) is 26.8 Å². The first-order valence-electron chi connectivity index (χ1n) is 7.38. The molecule has 4 heteroatoms. The van der Waals surface area contributed by atoms with E-state index in [-0.39, 0.29) is 5.91 Å². The van der Waals surface area contributed by atoms with Crippen LogP contribution < -0.4 is 15.8 Å². The molecule has 0 aliphatic rings. The third-order valence-electron chi connectivity index (χ3n) is 3.43. The number of carbonyl (C=O) groups is 1. The predicted octanol–water partition coefficient (Wildman–Crippen LogP) is 3.17. The molecule has 116 valence electrons. The molecule has 2 aromatic rings. The number of hydrogen-bond donors (Lipinski definition) is 2. The van der Waals surface area contributed by atoms with Gasteiger partial charge in [0.1, 0.15) is 5.75 Å². The number of para-hydroxylation sites is 1. The van der Waals surface area contributed by atoms with E-state index in [4.69, 9.17) is 10.5 Å². The Bertz CT molecular complexity index is 653. The highest BCUT2D eigenvalue weighted by Gasteiger charge is 2.07. The second-order valence-corrected chi connectivity index (χ2v) is 5.28. The highest BCUT2D eigenvalue weighted by Crippen LogP contribution is 2.19. The van der Waals surface area contributed by atoms with Gasteiger partial charge in [-0.15, -0.1) is 0 Å². The van der Waals surface area contributed by atoms with Crippen molar-refractivity contribution in [2.24, 2.45) is 5.73 Å². The van der Waals surface area contributed by atoms with E-state index in [0.717, 1.165) is 22.6 Å². The molecule has 2 aromatic carbocycles. The summed E-state index contributed by atoms with van der Waals surface area (Å²) in [6, 6.07) is 13.5. The van der Waals surface area contributed by atoms with Gasteiger partial charge in [-0.2, -0.15) is 0 Å². The minimum absolute atomic E-state index is 0.0781. The number of carbonyl (C=O) groups excluding carboxylic acids is 1. The molecule has 4 nitrogen and oxygen atoms in total. The van der Waals surface area contributed by atoms with Gasteiger partial charge in [0.2, 0.25) is 5.91 Å². The Labute approximate surface area is 131 Å². The number of anilines is 1. The van der Waals surface area contributed by atoms with Crippen LogP contribution in [0.1, 0.15) is 23.1 Å². The molecular weight excluding hydrogens is 276 g/mol.